The lowest BCUT2D eigenvalue weighted by atomic mass is 10.2. The van der Waals surface area contributed by atoms with Gasteiger partial charge in [0.05, 0.1) is 0 Å². The third kappa shape index (κ3) is 4.28. The van der Waals surface area contributed by atoms with Crippen LogP contribution in [0.2, 0.25) is 5.15 Å². The number of hydrogen-bond acceptors (Lipinski definition) is 3. The molecule has 2 aromatic rings. The summed E-state index contributed by atoms with van der Waals surface area (Å²) in [4.78, 5) is 6.44. The molecule has 9 heteroatoms. The van der Waals surface area contributed by atoms with Crippen LogP contribution in [0, 0.1) is 5.82 Å². The van der Waals surface area contributed by atoms with Gasteiger partial charge in [0.2, 0.25) is 5.82 Å². The Morgan fingerprint density at radius 1 is 1.19 bits per heavy atom. The molecule has 0 bridgehead atoms. The minimum Gasteiger partial charge on any atom is -0.366 e. The van der Waals surface area contributed by atoms with Gasteiger partial charge in [-0.05, 0) is 23.8 Å². The topological polar surface area (TPSA) is 37.8 Å². The molecule has 0 aliphatic carbocycles. The highest BCUT2D eigenvalue weighted by Gasteiger charge is 2.35. The molecule has 0 radical (unpaired) electrons. The first-order chi connectivity index (χ1) is 9.75. The number of anilines is 1. The summed E-state index contributed by atoms with van der Waals surface area (Å²) in [7, 11) is 0. The molecule has 0 saturated heterocycles. The van der Waals surface area contributed by atoms with E-state index in [2.05, 4.69) is 31.2 Å². The number of rotatable bonds is 3. The van der Waals surface area contributed by atoms with E-state index in [9.17, 15) is 17.6 Å². The number of hydrogen-bond donors (Lipinski definition) is 1. The molecule has 0 aliphatic rings. The SMILES string of the molecule is Fc1ccc(Br)c(CNc2cc(Cl)nc(C(F)(F)F)n2)c1. The number of benzene rings is 1. The summed E-state index contributed by atoms with van der Waals surface area (Å²) < 4.78 is 51.4. The van der Waals surface area contributed by atoms with Crippen molar-refractivity contribution in [1.29, 1.82) is 0 Å². The van der Waals surface area contributed by atoms with E-state index >= 15 is 0 Å². The first-order valence-corrected chi connectivity index (χ1v) is 6.72. The van der Waals surface area contributed by atoms with Gasteiger partial charge in [0, 0.05) is 17.1 Å². The number of aromatic nitrogens is 2. The minimum absolute atomic E-state index is 0.0724. The molecular formula is C12H7BrClF4N3. The van der Waals surface area contributed by atoms with Gasteiger partial charge in [-0.2, -0.15) is 13.2 Å². The van der Waals surface area contributed by atoms with Crippen LogP contribution >= 0.6 is 27.5 Å². The van der Waals surface area contributed by atoms with E-state index in [4.69, 9.17) is 11.6 Å². The third-order valence-corrected chi connectivity index (χ3v) is 3.38. The van der Waals surface area contributed by atoms with Crippen molar-refractivity contribution in [3.8, 4) is 0 Å². The van der Waals surface area contributed by atoms with Crippen molar-refractivity contribution >= 4 is 33.3 Å². The molecule has 21 heavy (non-hydrogen) atoms. The van der Waals surface area contributed by atoms with Crippen molar-refractivity contribution in [1.82, 2.24) is 9.97 Å². The Bertz CT molecular complexity index is 663. The predicted molar refractivity (Wildman–Crippen MR) is 73.5 cm³/mol. The van der Waals surface area contributed by atoms with Crippen molar-refractivity contribution in [2.75, 3.05) is 5.32 Å². The largest absolute Gasteiger partial charge is 0.451 e. The third-order valence-electron chi connectivity index (χ3n) is 2.42. The fourth-order valence-corrected chi connectivity index (χ4v) is 2.07. The average molecular weight is 385 g/mol. The van der Waals surface area contributed by atoms with Gasteiger partial charge in [-0.25, -0.2) is 14.4 Å². The van der Waals surface area contributed by atoms with Gasteiger partial charge in [-0.15, -0.1) is 0 Å². The quantitative estimate of drug-likeness (QED) is 0.618. The van der Waals surface area contributed by atoms with Gasteiger partial charge < -0.3 is 5.32 Å². The van der Waals surface area contributed by atoms with Gasteiger partial charge in [0.25, 0.3) is 0 Å². The molecule has 0 amide bonds. The molecule has 2 rings (SSSR count). The first-order valence-electron chi connectivity index (χ1n) is 5.55. The molecular weight excluding hydrogens is 378 g/mol. The van der Waals surface area contributed by atoms with Gasteiger partial charge in [-0.1, -0.05) is 27.5 Å². The molecule has 0 unspecified atom stereocenters. The molecule has 0 atom stereocenters. The Labute approximate surface area is 130 Å². The van der Waals surface area contributed by atoms with Crippen molar-refractivity contribution in [2.45, 2.75) is 12.7 Å². The molecule has 0 aliphatic heterocycles. The zero-order valence-corrected chi connectivity index (χ0v) is 12.5. The maximum absolute atomic E-state index is 13.1. The second kappa shape index (κ2) is 6.15. The molecule has 0 spiro atoms. The molecule has 0 fully saturated rings. The fraction of sp³-hybridized carbons (Fsp3) is 0.167. The zero-order chi connectivity index (χ0) is 15.6. The van der Waals surface area contributed by atoms with Crippen LogP contribution in [0.15, 0.2) is 28.7 Å². The zero-order valence-electron chi connectivity index (χ0n) is 10.2. The lowest BCUT2D eigenvalue weighted by molar-refractivity contribution is -0.144. The van der Waals surface area contributed by atoms with E-state index in [0.717, 1.165) is 6.07 Å². The Morgan fingerprint density at radius 2 is 1.90 bits per heavy atom. The van der Waals surface area contributed by atoms with Crippen LogP contribution in [0.4, 0.5) is 23.4 Å². The summed E-state index contributed by atoms with van der Waals surface area (Å²) in [5, 5.41) is 2.32. The van der Waals surface area contributed by atoms with E-state index in [1.807, 2.05) is 0 Å². The van der Waals surface area contributed by atoms with Crippen LogP contribution < -0.4 is 5.32 Å². The summed E-state index contributed by atoms with van der Waals surface area (Å²) in [6.07, 6.45) is -4.69. The maximum Gasteiger partial charge on any atom is 0.451 e. The van der Waals surface area contributed by atoms with E-state index in [1.165, 1.54) is 18.2 Å². The summed E-state index contributed by atoms with van der Waals surface area (Å²) >= 11 is 8.75. The van der Waals surface area contributed by atoms with Crippen LogP contribution in [-0.4, -0.2) is 9.97 Å². The summed E-state index contributed by atoms with van der Waals surface area (Å²) in [6, 6.07) is 5.17. The van der Waals surface area contributed by atoms with Gasteiger partial charge in [-0.3, -0.25) is 0 Å². The van der Waals surface area contributed by atoms with Crippen LogP contribution in [0.3, 0.4) is 0 Å². The highest BCUT2D eigenvalue weighted by molar-refractivity contribution is 9.10. The van der Waals surface area contributed by atoms with E-state index < -0.39 is 17.8 Å². The first kappa shape index (κ1) is 16.0. The van der Waals surface area contributed by atoms with Gasteiger partial charge >= 0.3 is 6.18 Å². The van der Waals surface area contributed by atoms with Crippen molar-refractivity contribution in [2.24, 2.45) is 0 Å². The Kier molecular flexibility index (Phi) is 4.67. The van der Waals surface area contributed by atoms with Crippen molar-refractivity contribution < 1.29 is 17.6 Å². The highest BCUT2D eigenvalue weighted by atomic mass is 79.9. The average Bonchev–Trinajstić information content (AvgIpc) is 2.38. The Hall–Kier alpha value is -1.41. The molecule has 1 aromatic carbocycles. The van der Waals surface area contributed by atoms with Crippen LogP contribution in [-0.2, 0) is 12.7 Å². The maximum atomic E-state index is 13.1. The summed E-state index contributed by atoms with van der Waals surface area (Å²) in [5.74, 6) is -1.89. The van der Waals surface area contributed by atoms with Crippen molar-refractivity contribution in [3.05, 3.63) is 51.1 Å². The predicted octanol–water partition coefficient (Wildman–Crippen LogP) is 4.66. The summed E-state index contributed by atoms with van der Waals surface area (Å²) in [6.45, 7) is 0.0724. The molecule has 1 aromatic heterocycles. The lowest BCUT2D eigenvalue weighted by Crippen LogP contribution is -2.13. The van der Waals surface area contributed by atoms with Gasteiger partial charge in [0.15, 0.2) is 0 Å². The van der Waals surface area contributed by atoms with Gasteiger partial charge in [0.1, 0.15) is 16.8 Å². The number of nitrogens with zero attached hydrogens (tertiary/aromatic N) is 2. The molecule has 3 nitrogen and oxygen atoms in total. The van der Waals surface area contributed by atoms with E-state index in [-0.39, 0.29) is 17.5 Å². The Morgan fingerprint density at radius 3 is 2.57 bits per heavy atom. The standard InChI is InChI=1S/C12H7BrClF4N3/c13-8-2-1-7(15)3-6(8)5-19-10-4-9(14)20-11(21-10)12(16,17)18/h1-4H,5H2,(H,19,20,21). The van der Waals surface area contributed by atoms with Crippen molar-refractivity contribution in [3.63, 3.8) is 0 Å². The molecule has 1 N–H and O–H groups in total. The normalized spacial score (nSPS) is 11.5. The smallest absolute Gasteiger partial charge is 0.366 e. The minimum atomic E-state index is -4.69. The second-order valence-electron chi connectivity index (χ2n) is 3.99. The monoisotopic (exact) mass is 383 g/mol. The fourth-order valence-electron chi connectivity index (χ4n) is 1.50. The molecule has 112 valence electrons. The summed E-state index contributed by atoms with van der Waals surface area (Å²) in [5.41, 5.74) is 0.526. The van der Waals surface area contributed by atoms with E-state index in [1.54, 1.807) is 0 Å². The highest BCUT2D eigenvalue weighted by Crippen LogP contribution is 2.28. The second-order valence-corrected chi connectivity index (χ2v) is 5.23. The molecule has 0 saturated carbocycles. The molecule has 1 heterocycles. The Balaban J connectivity index is 2.20. The number of alkyl halides is 3. The van der Waals surface area contributed by atoms with Crippen LogP contribution in [0.25, 0.3) is 0 Å². The van der Waals surface area contributed by atoms with E-state index in [0.29, 0.717) is 10.0 Å². The number of halogens is 6. The lowest BCUT2D eigenvalue weighted by Gasteiger charge is -2.10. The number of nitrogens with one attached hydrogen (secondary N) is 1. The van der Waals surface area contributed by atoms with Crippen LogP contribution in [0.1, 0.15) is 11.4 Å². The van der Waals surface area contributed by atoms with Crippen LogP contribution in [0.5, 0.6) is 0 Å².